The minimum Gasteiger partial charge on any atom is -0.366 e. The van der Waals surface area contributed by atoms with E-state index in [-0.39, 0.29) is 21.7 Å². The first kappa shape index (κ1) is 21.0. The molecular weight excluding hydrogens is 390 g/mol. The summed E-state index contributed by atoms with van der Waals surface area (Å²) >= 11 is 0. The van der Waals surface area contributed by atoms with E-state index in [4.69, 9.17) is 5.73 Å². The fraction of sp³-hybridized carbons (Fsp3) is 0.333. The summed E-state index contributed by atoms with van der Waals surface area (Å²) in [5, 5.41) is 2.66. The number of piperidine rings is 1. The maximum atomic E-state index is 13.0. The van der Waals surface area contributed by atoms with Gasteiger partial charge in [-0.3, -0.25) is 9.59 Å². The molecule has 0 aliphatic carbocycles. The Morgan fingerprint density at radius 1 is 1.07 bits per heavy atom. The molecule has 2 aromatic carbocycles. The van der Waals surface area contributed by atoms with Crippen molar-refractivity contribution in [2.75, 3.05) is 18.4 Å². The van der Waals surface area contributed by atoms with E-state index >= 15 is 0 Å². The van der Waals surface area contributed by atoms with E-state index in [1.165, 1.54) is 22.5 Å². The average molecular weight is 416 g/mol. The molecule has 0 atom stereocenters. The molecule has 7 nitrogen and oxygen atoms in total. The van der Waals surface area contributed by atoms with Crippen LogP contribution < -0.4 is 11.1 Å². The van der Waals surface area contributed by atoms with Crippen molar-refractivity contribution in [1.29, 1.82) is 0 Å². The summed E-state index contributed by atoms with van der Waals surface area (Å²) in [6, 6.07) is 10.9. The zero-order chi connectivity index (χ0) is 21.2. The highest BCUT2D eigenvalue weighted by molar-refractivity contribution is 7.89. The summed E-state index contributed by atoms with van der Waals surface area (Å²) in [5.41, 5.74) is 6.68. The van der Waals surface area contributed by atoms with Crippen LogP contribution in [0, 0.1) is 12.8 Å². The number of carbonyl (C=O) groups is 2. The number of para-hydroxylation sites is 1. The van der Waals surface area contributed by atoms with Crippen LogP contribution in [0.5, 0.6) is 0 Å². The van der Waals surface area contributed by atoms with Crippen LogP contribution >= 0.6 is 0 Å². The Hall–Kier alpha value is -2.71. The van der Waals surface area contributed by atoms with Crippen LogP contribution in [-0.2, 0) is 10.0 Å². The van der Waals surface area contributed by atoms with Gasteiger partial charge in [-0.25, -0.2) is 8.42 Å². The van der Waals surface area contributed by atoms with Crippen molar-refractivity contribution in [2.24, 2.45) is 11.7 Å². The SMILES string of the molecule is Cc1ccc(S(=O)(=O)N2CCC(C)CC2)cc1C(=O)Nc1ccccc1C(N)=O. The topological polar surface area (TPSA) is 110 Å². The molecule has 1 aliphatic rings. The molecule has 154 valence electrons. The highest BCUT2D eigenvalue weighted by atomic mass is 32.2. The van der Waals surface area contributed by atoms with E-state index in [1.54, 1.807) is 31.2 Å². The van der Waals surface area contributed by atoms with Crippen molar-refractivity contribution in [1.82, 2.24) is 4.31 Å². The maximum Gasteiger partial charge on any atom is 0.255 e. The van der Waals surface area contributed by atoms with Gasteiger partial charge in [0.25, 0.3) is 11.8 Å². The van der Waals surface area contributed by atoms with Crippen LogP contribution in [0.15, 0.2) is 47.4 Å². The first-order valence-corrected chi connectivity index (χ1v) is 10.9. The second kappa shape index (κ2) is 8.34. The number of benzene rings is 2. The lowest BCUT2D eigenvalue weighted by Crippen LogP contribution is -2.38. The number of aryl methyl sites for hydroxylation is 1. The van der Waals surface area contributed by atoms with Crippen LogP contribution in [0.2, 0.25) is 0 Å². The lowest BCUT2D eigenvalue weighted by molar-refractivity contribution is 0.100. The summed E-state index contributed by atoms with van der Waals surface area (Å²) < 4.78 is 27.5. The number of nitrogens with two attached hydrogens (primary N) is 1. The largest absolute Gasteiger partial charge is 0.366 e. The maximum absolute atomic E-state index is 13.0. The zero-order valence-electron chi connectivity index (χ0n) is 16.5. The summed E-state index contributed by atoms with van der Waals surface area (Å²) in [5.74, 6) is -0.653. The van der Waals surface area contributed by atoms with Crippen molar-refractivity contribution >= 4 is 27.5 Å². The molecule has 2 amide bonds. The van der Waals surface area contributed by atoms with Gasteiger partial charge < -0.3 is 11.1 Å². The van der Waals surface area contributed by atoms with Gasteiger partial charge in [-0.1, -0.05) is 25.1 Å². The smallest absolute Gasteiger partial charge is 0.255 e. The van der Waals surface area contributed by atoms with Gasteiger partial charge in [0.2, 0.25) is 10.0 Å². The Morgan fingerprint density at radius 3 is 2.38 bits per heavy atom. The van der Waals surface area contributed by atoms with Gasteiger partial charge in [0.1, 0.15) is 0 Å². The predicted molar refractivity (Wildman–Crippen MR) is 111 cm³/mol. The van der Waals surface area contributed by atoms with E-state index in [1.807, 2.05) is 0 Å². The monoisotopic (exact) mass is 415 g/mol. The van der Waals surface area contributed by atoms with Crippen LogP contribution in [0.4, 0.5) is 5.69 Å². The number of primary amides is 1. The van der Waals surface area contributed by atoms with E-state index in [0.717, 1.165) is 12.8 Å². The molecule has 1 saturated heterocycles. The molecule has 0 unspecified atom stereocenters. The summed E-state index contributed by atoms with van der Waals surface area (Å²) in [6.07, 6.45) is 1.64. The lowest BCUT2D eigenvalue weighted by Gasteiger charge is -2.29. The number of nitrogens with one attached hydrogen (secondary N) is 1. The van der Waals surface area contributed by atoms with Crippen LogP contribution in [0.1, 0.15) is 46.0 Å². The number of hydrogen-bond acceptors (Lipinski definition) is 4. The Kier molecular flexibility index (Phi) is 6.04. The summed E-state index contributed by atoms with van der Waals surface area (Å²) in [4.78, 5) is 24.5. The molecule has 0 bridgehead atoms. The molecular formula is C21H25N3O4S. The Balaban J connectivity index is 1.89. The van der Waals surface area contributed by atoms with E-state index in [0.29, 0.717) is 24.6 Å². The van der Waals surface area contributed by atoms with Crippen molar-refractivity contribution in [3.05, 3.63) is 59.2 Å². The molecule has 0 aromatic heterocycles. The van der Waals surface area contributed by atoms with Gasteiger partial charge in [-0.2, -0.15) is 4.31 Å². The number of sulfonamides is 1. The summed E-state index contributed by atoms with van der Waals surface area (Å²) in [6.45, 7) is 4.80. The molecule has 8 heteroatoms. The minimum absolute atomic E-state index is 0.0889. The minimum atomic E-state index is -3.67. The fourth-order valence-electron chi connectivity index (χ4n) is 3.38. The summed E-state index contributed by atoms with van der Waals surface area (Å²) in [7, 11) is -3.67. The number of hydrogen-bond donors (Lipinski definition) is 2. The van der Waals surface area contributed by atoms with Crippen molar-refractivity contribution in [2.45, 2.75) is 31.6 Å². The van der Waals surface area contributed by atoms with Crippen LogP contribution in [-0.4, -0.2) is 37.6 Å². The third kappa shape index (κ3) is 4.49. The van der Waals surface area contributed by atoms with Crippen LogP contribution in [0.3, 0.4) is 0 Å². The second-order valence-corrected chi connectivity index (χ2v) is 9.37. The number of anilines is 1. The van der Waals surface area contributed by atoms with E-state index in [2.05, 4.69) is 12.2 Å². The highest BCUT2D eigenvalue weighted by Gasteiger charge is 2.29. The quantitative estimate of drug-likeness (QED) is 0.782. The molecule has 3 rings (SSSR count). The van der Waals surface area contributed by atoms with E-state index < -0.39 is 21.8 Å². The normalized spacial score (nSPS) is 15.8. The molecule has 3 N–H and O–H groups in total. The molecule has 0 radical (unpaired) electrons. The number of carbonyl (C=O) groups excluding carboxylic acids is 2. The lowest BCUT2D eigenvalue weighted by atomic mass is 10.0. The van der Waals surface area contributed by atoms with Gasteiger partial charge in [0, 0.05) is 18.7 Å². The third-order valence-corrected chi connectivity index (χ3v) is 7.17. The molecule has 2 aromatic rings. The van der Waals surface area contributed by atoms with E-state index in [9.17, 15) is 18.0 Å². The number of nitrogens with zero attached hydrogens (tertiary/aromatic N) is 1. The first-order chi connectivity index (χ1) is 13.7. The molecule has 1 fully saturated rings. The van der Waals surface area contributed by atoms with Crippen molar-refractivity contribution < 1.29 is 18.0 Å². The molecule has 1 aliphatic heterocycles. The van der Waals surface area contributed by atoms with Gasteiger partial charge in [0.05, 0.1) is 16.1 Å². The Bertz CT molecular complexity index is 1040. The highest BCUT2D eigenvalue weighted by Crippen LogP contribution is 2.25. The molecule has 29 heavy (non-hydrogen) atoms. The molecule has 1 heterocycles. The van der Waals surface area contributed by atoms with Crippen molar-refractivity contribution in [3.63, 3.8) is 0 Å². The Morgan fingerprint density at radius 2 is 1.72 bits per heavy atom. The molecule has 0 saturated carbocycles. The third-order valence-electron chi connectivity index (χ3n) is 5.27. The molecule has 0 spiro atoms. The fourth-order valence-corrected chi connectivity index (χ4v) is 4.87. The van der Waals surface area contributed by atoms with Crippen molar-refractivity contribution in [3.8, 4) is 0 Å². The van der Waals surface area contributed by atoms with Crippen LogP contribution in [0.25, 0.3) is 0 Å². The van der Waals surface area contributed by atoms with Gasteiger partial charge in [-0.15, -0.1) is 0 Å². The number of rotatable bonds is 5. The zero-order valence-corrected chi connectivity index (χ0v) is 17.3. The number of amides is 2. The van der Waals surface area contributed by atoms with Gasteiger partial charge in [-0.05, 0) is 55.5 Å². The standard InChI is InChI=1S/C21H25N3O4S/c1-14-9-11-24(12-10-14)29(27,28)16-8-7-15(2)18(13-16)21(26)23-19-6-4-3-5-17(19)20(22)25/h3-8,13-14H,9-12H2,1-2H3,(H2,22,25)(H,23,26). The predicted octanol–water partition coefficient (Wildman–Crippen LogP) is 2.77. The Labute approximate surface area is 171 Å². The first-order valence-electron chi connectivity index (χ1n) is 9.51. The second-order valence-electron chi connectivity index (χ2n) is 7.43. The van der Waals surface area contributed by atoms with Gasteiger partial charge >= 0.3 is 0 Å². The van der Waals surface area contributed by atoms with Gasteiger partial charge in [0.15, 0.2) is 0 Å². The average Bonchev–Trinajstić information content (AvgIpc) is 2.68.